The molecule has 0 atom stereocenters. The maximum atomic E-state index is 12.8. The third-order valence-electron chi connectivity index (χ3n) is 6.70. The second-order valence-corrected chi connectivity index (χ2v) is 9.61. The van der Waals surface area contributed by atoms with Crippen molar-refractivity contribution in [2.24, 2.45) is 0 Å². The Morgan fingerprint density at radius 3 is 2.12 bits per heavy atom. The minimum Gasteiger partial charge on any atom is -0.492 e. The van der Waals surface area contributed by atoms with E-state index in [-0.39, 0.29) is 41.6 Å². The van der Waals surface area contributed by atoms with Gasteiger partial charge < -0.3 is 20.1 Å². The van der Waals surface area contributed by atoms with Crippen molar-refractivity contribution in [3.63, 3.8) is 0 Å². The average molecular weight is 589 g/mol. The van der Waals surface area contributed by atoms with E-state index in [2.05, 4.69) is 10.6 Å². The first-order chi connectivity index (χ1) is 20.7. The number of benzene rings is 3. The third kappa shape index (κ3) is 7.15. The number of fused-ring (bicyclic) bond motifs is 1. The minimum atomic E-state index is -0.679. The first-order valence-electron chi connectivity index (χ1n) is 14.0. The topological polar surface area (TPSA) is 157 Å². The number of nitro benzene ring substituents is 1. The van der Waals surface area contributed by atoms with Gasteiger partial charge in [-0.15, -0.1) is 0 Å². The molecule has 224 valence electrons. The second-order valence-electron chi connectivity index (χ2n) is 9.61. The Kier molecular flexibility index (Phi) is 10.0. The lowest BCUT2D eigenvalue weighted by Crippen LogP contribution is -2.30. The van der Waals surface area contributed by atoms with Crippen molar-refractivity contribution in [1.29, 1.82) is 0 Å². The first kappa shape index (κ1) is 30.7. The summed E-state index contributed by atoms with van der Waals surface area (Å²) in [4.78, 5) is 62.5. The highest BCUT2D eigenvalue weighted by atomic mass is 16.6. The van der Waals surface area contributed by atoms with Gasteiger partial charge in [-0.2, -0.15) is 0 Å². The molecule has 0 unspecified atom stereocenters. The zero-order valence-electron chi connectivity index (χ0n) is 23.9. The van der Waals surface area contributed by atoms with Gasteiger partial charge in [-0.3, -0.25) is 34.2 Å². The van der Waals surface area contributed by atoms with Crippen LogP contribution in [0.1, 0.15) is 70.6 Å². The number of nitrogens with one attached hydrogen (secondary N) is 2. The normalized spacial score (nSPS) is 12.1. The summed E-state index contributed by atoms with van der Waals surface area (Å²) in [6.45, 7) is 4.35. The van der Waals surface area contributed by atoms with Gasteiger partial charge >= 0.3 is 0 Å². The second kappa shape index (κ2) is 14.1. The molecule has 1 heterocycles. The Labute approximate surface area is 248 Å². The first-order valence-corrected chi connectivity index (χ1v) is 14.0. The molecule has 12 heteroatoms. The molecule has 0 aromatic heterocycles. The Morgan fingerprint density at radius 1 is 0.837 bits per heavy atom. The highest BCUT2D eigenvalue weighted by Crippen LogP contribution is 2.37. The molecule has 3 aromatic carbocycles. The van der Waals surface area contributed by atoms with Gasteiger partial charge in [0, 0.05) is 36.7 Å². The summed E-state index contributed by atoms with van der Waals surface area (Å²) >= 11 is 0. The fraction of sp³-hybridized carbons (Fsp3) is 0.290. The zero-order chi connectivity index (χ0) is 30.9. The van der Waals surface area contributed by atoms with Crippen LogP contribution in [-0.4, -0.2) is 53.2 Å². The molecule has 1 aliphatic heterocycles. The van der Waals surface area contributed by atoms with E-state index in [1.807, 2.05) is 6.07 Å². The number of carbonyl (C=O) groups is 4. The molecule has 2 N–H and O–H groups in total. The van der Waals surface area contributed by atoms with E-state index in [4.69, 9.17) is 9.47 Å². The number of nitro groups is 1. The van der Waals surface area contributed by atoms with Gasteiger partial charge in [0.05, 0.1) is 35.1 Å². The maximum Gasteiger partial charge on any atom is 0.282 e. The number of unbranched alkanes of at least 4 members (excludes halogenated alkanes) is 2. The molecule has 0 spiro atoms. The van der Waals surface area contributed by atoms with Crippen LogP contribution in [0.25, 0.3) is 0 Å². The largest absolute Gasteiger partial charge is 0.492 e. The lowest BCUT2D eigenvalue weighted by Gasteiger charge is -2.18. The monoisotopic (exact) mass is 588 g/mol. The molecule has 4 rings (SSSR count). The van der Waals surface area contributed by atoms with Gasteiger partial charge in [0.15, 0.2) is 0 Å². The van der Waals surface area contributed by atoms with Crippen molar-refractivity contribution in [2.45, 2.75) is 39.5 Å². The van der Waals surface area contributed by atoms with Crippen LogP contribution in [0.2, 0.25) is 0 Å². The van der Waals surface area contributed by atoms with Gasteiger partial charge in [0.1, 0.15) is 17.1 Å². The smallest absolute Gasteiger partial charge is 0.282 e. The van der Waals surface area contributed by atoms with Crippen LogP contribution in [0.4, 0.5) is 17.1 Å². The number of hydrogen-bond acceptors (Lipinski definition) is 8. The molecule has 0 saturated heterocycles. The highest BCUT2D eigenvalue weighted by molar-refractivity contribution is 6.23. The van der Waals surface area contributed by atoms with Crippen LogP contribution in [-0.2, 0) is 4.79 Å². The SMILES string of the molecule is CCOc1cc(NC(=O)c2ccccc2)c(OCC)cc1NC(=O)CCCCCN1C(=O)c2cccc([N+](=O)[O-])c2C1=O. The van der Waals surface area contributed by atoms with E-state index < -0.39 is 16.7 Å². The summed E-state index contributed by atoms with van der Waals surface area (Å²) in [5.74, 6) is -1.10. The molecular weight excluding hydrogens is 556 g/mol. The van der Waals surface area contributed by atoms with Crippen molar-refractivity contribution in [1.82, 2.24) is 4.90 Å². The molecule has 0 radical (unpaired) electrons. The molecule has 1 aliphatic rings. The van der Waals surface area contributed by atoms with Crippen LogP contribution < -0.4 is 20.1 Å². The summed E-state index contributed by atoms with van der Waals surface area (Å²) in [6.07, 6.45) is 1.61. The Bertz CT molecular complexity index is 1540. The number of ether oxygens (including phenoxy) is 2. The molecule has 43 heavy (non-hydrogen) atoms. The fourth-order valence-corrected chi connectivity index (χ4v) is 4.71. The van der Waals surface area contributed by atoms with Crippen LogP contribution in [0.15, 0.2) is 60.7 Å². The molecule has 4 amide bonds. The van der Waals surface area contributed by atoms with Gasteiger partial charge in [-0.25, -0.2) is 0 Å². The summed E-state index contributed by atoms with van der Waals surface area (Å²) < 4.78 is 11.5. The zero-order valence-corrected chi connectivity index (χ0v) is 23.9. The number of amides is 4. The number of nitrogens with zero attached hydrogens (tertiary/aromatic N) is 2. The van der Waals surface area contributed by atoms with Crippen LogP contribution in [0.3, 0.4) is 0 Å². The van der Waals surface area contributed by atoms with Gasteiger partial charge in [-0.05, 0) is 44.9 Å². The molecule has 0 saturated carbocycles. The molecule has 3 aromatic rings. The predicted octanol–water partition coefficient (Wildman–Crippen LogP) is 5.44. The standard InChI is InChI=1S/C31H32N4O8/c1-3-42-25-19-23(33-29(37)20-12-7-5-8-13-20)26(43-4-2)18-22(25)32-27(36)16-9-6-10-17-34-30(38)21-14-11-15-24(35(40)41)28(21)31(34)39/h5,7-8,11-15,18-19H,3-4,6,9-10,16-17H2,1-2H3,(H,32,36)(H,33,37). The maximum absolute atomic E-state index is 12.8. The van der Waals surface area contributed by atoms with E-state index in [0.717, 1.165) is 4.90 Å². The van der Waals surface area contributed by atoms with E-state index in [1.165, 1.54) is 18.2 Å². The molecule has 0 aliphatic carbocycles. The summed E-state index contributed by atoms with van der Waals surface area (Å²) in [5.41, 5.74) is 0.723. The number of anilines is 2. The number of rotatable bonds is 14. The molecule has 12 nitrogen and oxygen atoms in total. The fourth-order valence-electron chi connectivity index (χ4n) is 4.71. The van der Waals surface area contributed by atoms with Gasteiger partial charge in [0.25, 0.3) is 23.4 Å². The summed E-state index contributed by atoms with van der Waals surface area (Å²) in [6, 6.07) is 15.9. The van der Waals surface area contributed by atoms with E-state index in [1.54, 1.807) is 50.2 Å². The van der Waals surface area contributed by atoms with E-state index in [9.17, 15) is 29.3 Å². The van der Waals surface area contributed by atoms with Crippen molar-refractivity contribution in [2.75, 3.05) is 30.4 Å². The van der Waals surface area contributed by atoms with Crippen molar-refractivity contribution in [3.05, 3.63) is 87.5 Å². The molecule has 0 bridgehead atoms. The van der Waals surface area contributed by atoms with Crippen molar-refractivity contribution in [3.8, 4) is 11.5 Å². The lowest BCUT2D eigenvalue weighted by molar-refractivity contribution is -0.385. The number of hydrogen-bond donors (Lipinski definition) is 2. The number of imide groups is 1. The summed E-state index contributed by atoms with van der Waals surface area (Å²) in [7, 11) is 0. The van der Waals surface area contributed by atoms with Gasteiger partial charge in [-0.1, -0.05) is 30.7 Å². The summed E-state index contributed by atoms with van der Waals surface area (Å²) in [5, 5.41) is 17.0. The Morgan fingerprint density at radius 2 is 1.49 bits per heavy atom. The lowest BCUT2D eigenvalue weighted by atomic mass is 10.1. The third-order valence-corrected chi connectivity index (χ3v) is 6.70. The predicted molar refractivity (Wildman–Crippen MR) is 159 cm³/mol. The minimum absolute atomic E-state index is 0.0285. The molecular formula is C31H32N4O8. The van der Waals surface area contributed by atoms with Crippen LogP contribution >= 0.6 is 0 Å². The number of carbonyl (C=O) groups excluding carboxylic acids is 4. The van der Waals surface area contributed by atoms with E-state index in [0.29, 0.717) is 60.9 Å². The Balaban J connectivity index is 1.34. The quantitative estimate of drug-likeness (QED) is 0.109. The molecule has 0 fully saturated rings. The van der Waals surface area contributed by atoms with Crippen molar-refractivity contribution < 1.29 is 33.6 Å². The van der Waals surface area contributed by atoms with Gasteiger partial charge in [0.2, 0.25) is 5.91 Å². The highest BCUT2D eigenvalue weighted by Gasteiger charge is 2.40. The average Bonchev–Trinajstić information content (AvgIpc) is 3.24. The van der Waals surface area contributed by atoms with Crippen molar-refractivity contribution >= 4 is 40.7 Å². The van der Waals surface area contributed by atoms with Crippen LogP contribution in [0, 0.1) is 10.1 Å². The van der Waals surface area contributed by atoms with E-state index >= 15 is 0 Å². The van der Waals surface area contributed by atoms with Crippen LogP contribution in [0.5, 0.6) is 11.5 Å². The Hall–Kier alpha value is -5.26.